The van der Waals surface area contributed by atoms with E-state index in [0.717, 1.165) is 11.3 Å². The average Bonchev–Trinajstić information content (AvgIpc) is 3.16. The average molecular weight is 415 g/mol. The van der Waals surface area contributed by atoms with Gasteiger partial charge in [-0.1, -0.05) is 18.2 Å². The molecular weight excluding hydrogens is 394 g/mol. The van der Waals surface area contributed by atoms with Gasteiger partial charge in [-0.15, -0.1) is 0 Å². The number of para-hydroxylation sites is 1. The predicted octanol–water partition coefficient (Wildman–Crippen LogP) is 2.15. The van der Waals surface area contributed by atoms with E-state index in [1.807, 2.05) is 13.0 Å². The Morgan fingerprint density at radius 3 is 2.79 bits per heavy atom. The summed E-state index contributed by atoms with van der Waals surface area (Å²) in [6.07, 6.45) is 0.553. The maximum absolute atomic E-state index is 12.6. The quantitative estimate of drug-likeness (QED) is 0.654. The lowest BCUT2D eigenvalue weighted by Crippen LogP contribution is -2.20. The number of benzene rings is 1. The van der Waals surface area contributed by atoms with Gasteiger partial charge in [-0.25, -0.2) is 13.2 Å². The summed E-state index contributed by atoms with van der Waals surface area (Å²) in [5, 5.41) is 7.80. The Kier molecular flexibility index (Phi) is 4.77. The van der Waals surface area contributed by atoms with Gasteiger partial charge < -0.3 is 9.73 Å². The number of hydrogen-bond acceptors (Lipinski definition) is 6. The van der Waals surface area contributed by atoms with E-state index in [1.165, 1.54) is 0 Å². The number of hydrogen-bond donors (Lipinski definition) is 1. The first-order valence-corrected chi connectivity index (χ1v) is 11.1. The van der Waals surface area contributed by atoms with Gasteiger partial charge in [0.15, 0.2) is 9.84 Å². The molecule has 0 aliphatic carbocycles. The van der Waals surface area contributed by atoms with Crippen molar-refractivity contribution >= 4 is 32.4 Å². The van der Waals surface area contributed by atoms with Crippen LogP contribution in [-0.2, 0) is 21.1 Å². The molecule has 2 aromatic heterocycles. The lowest BCUT2D eigenvalue weighted by molar-refractivity contribution is -0.115. The van der Waals surface area contributed by atoms with E-state index in [9.17, 15) is 18.0 Å². The van der Waals surface area contributed by atoms with E-state index < -0.39 is 15.5 Å². The smallest absolute Gasteiger partial charge is 0.360 e. The molecule has 8 nitrogen and oxygen atoms in total. The molecular formula is C20H21N3O5S. The zero-order chi connectivity index (χ0) is 20.8. The van der Waals surface area contributed by atoms with Crippen LogP contribution >= 0.6 is 0 Å². The first kappa shape index (κ1) is 19.4. The van der Waals surface area contributed by atoms with Crippen molar-refractivity contribution in [2.45, 2.75) is 32.7 Å². The largest absolute Gasteiger partial charge is 0.421 e. The fraction of sp³-hybridized carbons (Fsp3) is 0.350. The summed E-state index contributed by atoms with van der Waals surface area (Å²) in [6.45, 7) is 3.62. The molecule has 1 aromatic carbocycles. The van der Waals surface area contributed by atoms with Crippen LogP contribution in [0.15, 0.2) is 39.5 Å². The number of nitrogens with one attached hydrogen (secondary N) is 1. The normalized spacial score (nSPS) is 18.2. The molecule has 1 amide bonds. The molecule has 1 N–H and O–H groups in total. The van der Waals surface area contributed by atoms with Crippen LogP contribution in [0.4, 0.5) is 5.69 Å². The molecule has 3 aromatic rings. The molecule has 0 spiro atoms. The SMILES string of the molecule is Cc1nn(C2CCS(=O)(=O)C2)c(C)c1CC(=O)Nc1cc2ccccc2oc1=O. The third-order valence-corrected chi connectivity index (χ3v) is 7.03. The number of anilines is 1. The zero-order valence-corrected chi connectivity index (χ0v) is 17.0. The summed E-state index contributed by atoms with van der Waals surface area (Å²) in [5.74, 6) is -0.139. The maximum Gasteiger partial charge on any atom is 0.360 e. The van der Waals surface area contributed by atoms with Crippen molar-refractivity contribution in [1.29, 1.82) is 0 Å². The van der Waals surface area contributed by atoms with E-state index in [-0.39, 0.29) is 35.6 Å². The highest BCUT2D eigenvalue weighted by molar-refractivity contribution is 7.91. The second kappa shape index (κ2) is 7.14. The molecule has 1 aliphatic heterocycles. The van der Waals surface area contributed by atoms with Gasteiger partial charge in [0.05, 0.1) is 29.7 Å². The van der Waals surface area contributed by atoms with Crippen LogP contribution in [0, 0.1) is 13.8 Å². The number of carbonyl (C=O) groups is 1. The van der Waals surface area contributed by atoms with Crippen molar-refractivity contribution in [1.82, 2.24) is 9.78 Å². The number of aromatic nitrogens is 2. The molecule has 1 unspecified atom stereocenters. The van der Waals surface area contributed by atoms with Gasteiger partial charge in [0.1, 0.15) is 11.3 Å². The lowest BCUT2D eigenvalue weighted by atomic mass is 10.1. The Labute approximate surface area is 167 Å². The van der Waals surface area contributed by atoms with E-state index in [1.54, 1.807) is 35.9 Å². The number of fused-ring (bicyclic) bond motifs is 1. The van der Waals surface area contributed by atoms with E-state index in [0.29, 0.717) is 23.1 Å². The first-order valence-electron chi connectivity index (χ1n) is 9.31. The highest BCUT2D eigenvalue weighted by Gasteiger charge is 2.31. The van der Waals surface area contributed by atoms with Gasteiger partial charge >= 0.3 is 5.63 Å². The number of rotatable bonds is 4. The monoisotopic (exact) mass is 415 g/mol. The molecule has 9 heteroatoms. The Morgan fingerprint density at radius 1 is 1.31 bits per heavy atom. The number of amides is 1. The van der Waals surface area contributed by atoms with Crippen LogP contribution in [0.3, 0.4) is 0 Å². The summed E-state index contributed by atoms with van der Waals surface area (Å²) < 4.78 is 30.5. The van der Waals surface area contributed by atoms with Gasteiger partial charge in [-0.2, -0.15) is 5.10 Å². The maximum atomic E-state index is 12.6. The third kappa shape index (κ3) is 3.82. The summed E-state index contributed by atoms with van der Waals surface area (Å²) in [5.41, 5.74) is 2.10. The van der Waals surface area contributed by atoms with Crippen LogP contribution in [0.2, 0.25) is 0 Å². The molecule has 1 atom stereocenters. The summed E-state index contributed by atoms with van der Waals surface area (Å²) in [4.78, 5) is 24.7. The molecule has 3 heterocycles. The van der Waals surface area contributed by atoms with Crippen LogP contribution < -0.4 is 10.9 Å². The van der Waals surface area contributed by atoms with Crippen LogP contribution in [0.1, 0.15) is 29.4 Å². The standard InChI is InChI=1S/C20H21N3O5S/c1-12-16(13(2)23(22-12)15-7-8-29(26,27)11-15)10-19(24)21-17-9-14-5-3-4-6-18(14)28-20(17)25/h3-6,9,15H,7-8,10-11H2,1-2H3,(H,21,24). The topological polar surface area (TPSA) is 111 Å². The van der Waals surface area contributed by atoms with Crippen molar-refractivity contribution in [3.05, 3.63) is 57.7 Å². The molecule has 4 rings (SSSR count). The molecule has 29 heavy (non-hydrogen) atoms. The second-order valence-corrected chi connectivity index (χ2v) is 9.59. The lowest BCUT2D eigenvalue weighted by Gasteiger charge is -2.11. The van der Waals surface area contributed by atoms with E-state index in [2.05, 4.69) is 10.4 Å². The van der Waals surface area contributed by atoms with Gasteiger partial charge in [0.25, 0.3) is 0 Å². The first-order chi connectivity index (χ1) is 13.7. The van der Waals surface area contributed by atoms with Gasteiger partial charge in [0.2, 0.25) is 5.91 Å². The van der Waals surface area contributed by atoms with Crippen molar-refractivity contribution in [3.63, 3.8) is 0 Å². The van der Waals surface area contributed by atoms with E-state index >= 15 is 0 Å². The highest BCUT2D eigenvalue weighted by atomic mass is 32.2. The fourth-order valence-electron chi connectivity index (χ4n) is 3.78. The molecule has 152 valence electrons. The van der Waals surface area contributed by atoms with Crippen molar-refractivity contribution in [3.8, 4) is 0 Å². The molecule has 0 saturated carbocycles. The van der Waals surface area contributed by atoms with Crippen LogP contribution in [-0.4, -0.2) is 35.6 Å². The second-order valence-electron chi connectivity index (χ2n) is 7.36. The van der Waals surface area contributed by atoms with Gasteiger partial charge in [0, 0.05) is 16.6 Å². The van der Waals surface area contributed by atoms with Crippen molar-refractivity contribution < 1.29 is 17.6 Å². The number of sulfone groups is 1. The molecule has 1 aliphatic rings. The molecule has 0 radical (unpaired) electrons. The fourth-order valence-corrected chi connectivity index (χ4v) is 5.47. The molecule has 1 fully saturated rings. The molecule has 1 saturated heterocycles. The Morgan fingerprint density at radius 2 is 2.07 bits per heavy atom. The number of aryl methyl sites for hydroxylation is 1. The Hall–Kier alpha value is -2.94. The Balaban J connectivity index is 1.55. The minimum absolute atomic E-state index is 0.0312. The highest BCUT2D eigenvalue weighted by Crippen LogP contribution is 2.27. The van der Waals surface area contributed by atoms with Gasteiger partial charge in [-0.05, 0) is 32.4 Å². The van der Waals surface area contributed by atoms with Gasteiger partial charge in [-0.3, -0.25) is 9.48 Å². The number of nitrogens with zero attached hydrogens (tertiary/aromatic N) is 2. The number of carbonyl (C=O) groups excluding carboxylic acids is 1. The predicted molar refractivity (Wildman–Crippen MR) is 109 cm³/mol. The Bertz CT molecular complexity index is 1270. The minimum atomic E-state index is -3.04. The summed E-state index contributed by atoms with van der Waals surface area (Å²) in [6, 6.07) is 8.45. The summed E-state index contributed by atoms with van der Waals surface area (Å²) in [7, 11) is -3.04. The molecule has 0 bridgehead atoms. The van der Waals surface area contributed by atoms with Crippen LogP contribution in [0.25, 0.3) is 11.0 Å². The van der Waals surface area contributed by atoms with Crippen molar-refractivity contribution in [2.24, 2.45) is 0 Å². The third-order valence-electron chi connectivity index (χ3n) is 5.28. The van der Waals surface area contributed by atoms with Crippen LogP contribution in [0.5, 0.6) is 0 Å². The summed E-state index contributed by atoms with van der Waals surface area (Å²) >= 11 is 0. The zero-order valence-electron chi connectivity index (χ0n) is 16.1. The van der Waals surface area contributed by atoms with Crippen molar-refractivity contribution in [2.75, 3.05) is 16.8 Å². The van der Waals surface area contributed by atoms with E-state index in [4.69, 9.17) is 4.42 Å². The minimum Gasteiger partial charge on any atom is -0.421 e.